The highest BCUT2D eigenvalue weighted by Gasteiger charge is 2.52. The summed E-state index contributed by atoms with van der Waals surface area (Å²) in [6.45, 7) is 13.5. The summed E-state index contributed by atoms with van der Waals surface area (Å²) in [4.78, 5) is 14.4. The molecule has 2 heterocycles. The molecule has 0 radical (unpaired) electrons. The van der Waals surface area contributed by atoms with Crippen molar-refractivity contribution in [1.82, 2.24) is 14.8 Å². The zero-order valence-electron chi connectivity index (χ0n) is 16.3. The third kappa shape index (κ3) is 5.35. The molecule has 2 fully saturated rings. The van der Waals surface area contributed by atoms with Crippen LogP contribution in [-0.2, 0) is 0 Å². The molecule has 1 aliphatic heterocycles. The Hall–Kier alpha value is -1.78. The average Bonchev–Trinajstić information content (AvgIpc) is 3.54. The Bertz CT molecular complexity index is 585. The van der Waals surface area contributed by atoms with E-state index in [-0.39, 0.29) is 17.7 Å². The highest BCUT2D eigenvalue weighted by atomic mass is 19.1. The van der Waals surface area contributed by atoms with Crippen molar-refractivity contribution in [3.63, 3.8) is 0 Å². The molecule has 5 heteroatoms. The van der Waals surface area contributed by atoms with Gasteiger partial charge in [0.05, 0.1) is 6.04 Å². The lowest BCUT2D eigenvalue weighted by atomic mass is 10.1. The Morgan fingerprint density at radius 2 is 1.80 bits per heavy atom. The summed E-state index contributed by atoms with van der Waals surface area (Å²) in [5.74, 6) is 0.276. The van der Waals surface area contributed by atoms with Crippen molar-refractivity contribution in [3.8, 4) is 0 Å². The van der Waals surface area contributed by atoms with Crippen molar-refractivity contribution < 1.29 is 9.18 Å². The van der Waals surface area contributed by atoms with Gasteiger partial charge in [-0.1, -0.05) is 46.4 Å². The minimum absolute atomic E-state index is 0.0359. The van der Waals surface area contributed by atoms with Gasteiger partial charge in [-0.2, -0.15) is 0 Å². The van der Waals surface area contributed by atoms with Crippen molar-refractivity contribution in [1.29, 1.82) is 0 Å². The van der Waals surface area contributed by atoms with E-state index >= 15 is 0 Å². The zero-order valence-corrected chi connectivity index (χ0v) is 16.3. The Morgan fingerprint density at radius 1 is 1.24 bits per heavy atom. The summed E-state index contributed by atoms with van der Waals surface area (Å²) in [7, 11) is 0. The van der Waals surface area contributed by atoms with E-state index in [9.17, 15) is 9.18 Å². The van der Waals surface area contributed by atoms with Crippen molar-refractivity contribution in [2.45, 2.75) is 78.9 Å². The predicted octanol–water partition coefficient (Wildman–Crippen LogP) is 5.79. The van der Waals surface area contributed by atoms with Gasteiger partial charge in [0.25, 0.3) is 0 Å². The second-order valence-corrected chi connectivity index (χ2v) is 6.26. The summed E-state index contributed by atoms with van der Waals surface area (Å²) >= 11 is 0. The highest BCUT2D eigenvalue weighted by molar-refractivity contribution is 5.68. The van der Waals surface area contributed by atoms with E-state index < -0.39 is 6.17 Å². The van der Waals surface area contributed by atoms with Crippen LogP contribution in [0, 0.1) is 5.41 Å². The van der Waals surface area contributed by atoms with Crippen molar-refractivity contribution in [3.05, 3.63) is 36.0 Å². The van der Waals surface area contributed by atoms with Crippen LogP contribution in [0.25, 0.3) is 0 Å². The number of aromatic nitrogens is 3. The van der Waals surface area contributed by atoms with Crippen molar-refractivity contribution >= 4 is 6.29 Å². The van der Waals surface area contributed by atoms with E-state index in [0.717, 1.165) is 11.0 Å². The summed E-state index contributed by atoms with van der Waals surface area (Å²) in [5, 5.41) is 3.97. The quantitative estimate of drug-likeness (QED) is 0.512. The Morgan fingerprint density at radius 3 is 2.20 bits per heavy atom. The first-order valence-corrected chi connectivity index (χ1v) is 9.43. The van der Waals surface area contributed by atoms with Crippen LogP contribution < -0.4 is 0 Å². The average molecular weight is 349 g/mol. The van der Waals surface area contributed by atoms with E-state index in [0.29, 0.717) is 12.7 Å². The molecule has 0 aromatic carbocycles. The number of rotatable bonds is 3. The van der Waals surface area contributed by atoms with Gasteiger partial charge >= 0.3 is 0 Å². The van der Waals surface area contributed by atoms with Crippen LogP contribution >= 0.6 is 0 Å². The Balaban J connectivity index is 0.000000284. The molecule has 25 heavy (non-hydrogen) atoms. The fraction of sp³-hybridized carbons (Fsp3) is 0.650. The second-order valence-electron chi connectivity index (χ2n) is 6.26. The number of nitrogens with zero attached hydrogens (tertiary/aromatic N) is 3. The topological polar surface area (TPSA) is 47.8 Å². The monoisotopic (exact) mass is 349 g/mol. The minimum atomic E-state index is -1.15. The van der Waals surface area contributed by atoms with Crippen LogP contribution in [0.2, 0.25) is 0 Å². The van der Waals surface area contributed by atoms with Crippen molar-refractivity contribution in [2.75, 3.05) is 0 Å². The van der Waals surface area contributed by atoms with Crippen LogP contribution in [0.5, 0.6) is 0 Å². The van der Waals surface area contributed by atoms with Crippen molar-refractivity contribution in [2.24, 2.45) is 5.41 Å². The highest BCUT2D eigenvalue weighted by Crippen LogP contribution is 2.65. The van der Waals surface area contributed by atoms with E-state index in [1.165, 1.54) is 4.68 Å². The molecule has 4 nitrogen and oxygen atoms in total. The number of aldehydes is 1. The third-order valence-corrected chi connectivity index (χ3v) is 4.61. The molecule has 2 atom stereocenters. The molecule has 0 N–H and O–H groups in total. The molecule has 2 saturated carbocycles. The van der Waals surface area contributed by atoms with E-state index in [2.05, 4.69) is 16.7 Å². The molecule has 0 amide bonds. The largest absolute Gasteiger partial charge is 0.294 e. The summed E-state index contributed by atoms with van der Waals surface area (Å²) in [5.41, 5.74) is 1.96. The molecular weight excluding hydrogens is 317 g/mol. The maximum absolute atomic E-state index is 13.6. The van der Waals surface area contributed by atoms with Gasteiger partial charge in [-0.15, -0.1) is 5.10 Å². The van der Waals surface area contributed by atoms with E-state index in [1.54, 1.807) is 31.8 Å². The summed E-state index contributed by atoms with van der Waals surface area (Å²) in [6, 6.07) is -0.163. The third-order valence-electron chi connectivity index (χ3n) is 4.61. The zero-order chi connectivity index (χ0) is 19.0. The molecule has 2 unspecified atom stereocenters. The summed E-state index contributed by atoms with van der Waals surface area (Å²) < 4.78 is 15.1. The normalized spacial score (nSPS) is 23.7. The van der Waals surface area contributed by atoms with Gasteiger partial charge in [-0.3, -0.25) is 4.79 Å². The first-order chi connectivity index (χ1) is 12.1. The SMILES string of the molecule is C1CC12CC2.C=C/C=C(\C)C1CC(F)c2nc(C=O)nn21.CC.CC. The number of hydrogen-bond acceptors (Lipinski definition) is 3. The molecule has 0 bridgehead atoms. The lowest BCUT2D eigenvalue weighted by molar-refractivity contribution is 0.111. The lowest BCUT2D eigenvalue weighted by Crippen LogP contribution is -2.07. The smallest absolute Gasteiger partial charge is 0.214 e. The molecule has 140 valence electrons. The van der Waals surface area contributed by atoms with Gasteiger partial charge in [0, 0.05) is 6.42 Å². The van der Waals surface area contributed by atoms with Gasteiger partial charge < -0.3 is 0 Å². The van der Waals surface area contributed by atoms with Crippen LogP contribution in [0.4, 0.5) is 4.39 Å². The maximum Gasteiger partial charge on any atom is 0.214 e. The first kappa shape index (κ1) is 21.3. The molecule has 3 aliphatic rings. The predicted molar refractivity (Wildman–Crippen MR) is 100 cm³/mol. The second kappa shape index (κ2) is 9.64. The molecule has 1 spiro atoms. The number of fused-ring (bicyclic) bond motifs is 1. The first-order valence-electron chi connectivity index (χ1n) is 9.43. The van der Waals surface area contributed by atoms with Gasteiger partial charge in [-0.25, -0.2) is 14.1 Å². The minimum Gasteiger partial charge on any atom is -0.294 e. The molecule has 1 aromatic heterocycles. The Kier molecular flexibility index (Phi) is 8.20. The molecule has 4 rings (SSSR count). The van der Waals surface area contributed by atoms with Crippen LogP contribution in [0.1, 0.15) is 95.4 Å². The number of allylic oxidation sites excluding steroid dienone is 3. The van der Waals surface area contributed by atoms with Gasteiger partial charge in [0.2, 0.25) is 5.82 Å². The van der Waals surface area contributed by atoms with Gasteiger partial charge in [0.1, 0.15) is 0 Å². The molecule has 1 aromatic rings. The molecular formula is C20H32FN3O. The number of carbonyl (C=O) groups is 1. The van der Waals surface area contributed by atoms with E-state index in [1.807, 2.05) is 40.7 Å². The number of hydrogen-bond donors (Lipinski definition) is 0. The van der Waals surface area contributed by atoms with Crippen LogP contribution in [0.15, 0.2) is 24.3 Å². The van der Waals surface area contributed by atoms with Crippen LogP contribution in [0.3, 0.4) is 0 Å². The fourth-order valence-electron chi connectivity index (χ4n) is 2.78. The van der Waals surface area contributed by atoms with E-state index in [4.69, 9.17) is 0 Å². The fourth-order valence-corrected chi connectivity index (χ4v) is 2.78. The van der Waals surface area contributed by atoms with Gasteiger partial charge in [0.15, 0.2) is 18.3 Å². The molecule has 0 saturated heterocycles. The van der Waals surface area contributed by atoms with Gasteiger partial charge in [-0.05, 0) is 43.6 Å². The summed E-state index contributed by atoms with van der Waals surface area (Å²) in [6.07, 6.45) is 9.42. The number of carbonyl (C=O) groups excluding carboxylic acids is 1. The standard InChI is InChI=1S/C11H12FN3O.C5H8.2C2H6/c1-3-4-7(2)9-5-8(12)11-13-10(6-16)14-15(9)11;1-2-5(1)3-4-5;2*1-2/h3-4,6,8-9H,1,5H2,2H3;1-4H2;2*1-2H3/b7-4+;;;. The maximum atomic E-state index is 13.6. The molecule has 2 aliphatic carbocycles. The number of halogens is 1. The Labute approximate surface area is 151 Å². The van der Waals surface area contributed by atoms with Crippen LogP contribution in [-0.4, -0.2) is 21.1 Å². The lowest BCUT2D eigenvalue weighted by Gasteiger charge is -2.10. The number of alkyl halides is 1.